The zero-order valence-electron chi connectivity index (χ0n) is 6.68. The highest BCUT2D eigenvalue weighted by atomic mass is 16.1. The number of carbonyl (C=O) groups is 1. The van der Waals surface area contributed by atoms with E-state index in [1.165, 1.54) is 39.0 Å². The van der Waals surface area contributed by atoms with E-state index in [9.17, 15) is 0 Å². The molecule has 0 aromatic heterocycles. The second-order valence-corrected chi connectivity index (χ2v) is 2.63. The maximum Gasteiger partial charge on any atom is 0.116 e. The predicted molar refractivity (Wildman–Crippen MR) is 42.8 cm³/mol. The number of nitrogens with two attached hydrogens (primary N) is 1. The Morgan fingerprint density at radius 3 is 1.90 bits per heavy atom. The molecule has 0 atom stereocenters. The molecular formula is C8H17NO. The monoisotopic (exact) mass is 143 g/mol. The highest BCUT2D eigenvalue weighted by Gasteiger charge is 2.06. The van der Waals surface area contributed by atoms with Gasteiger partial charge in [-0.3, -0.25) is 0 Å². The molecule has 0 spiro atoms. The fraction of sp³-hybridized carbons (Fsp3) is 0.875. The molecule has 10 heavy (non-hydrogen) atoms. The molecule has 0 aliphatic heterocycles. The first-order valence-corrected chi connectivity index (χ1v) is 3.96. The minimum atomic E-state index is 0.536. The minimum Gasteiger partial charge on any atom is -0.328 e. The summed E-state index contributed by atoms with van der Waals surface area (Å²) in [4.78, 5) is 8.81. The van der Waals surface area contributed by atoms with E-state index < -0.39 is 0 Å². The molecule has 0 amide bonds. The standard InChI is InChI=1S/C6H13N.C2H4O/c7-6-4-2-1-3-5-6;1-2-3/h6H,1-5,7H2;2H,1H3. The van der Waals surface area contributed by atoms with Gasteiger partial charge in [-0.1, -0.05) is 19.3 Å². The molecule has 1 rings (SSSR count). The van der Waals surface area contributed by atoms with Gasteiger partial charge in [0.15, 0.2) is 0 Å². The van der Waals surface area contributed by atoms with Crippen LogP contribution in [0.25, 0.3) is 0 Å². The molecule has 1 saturated carbocycles. The third kappa shape index (κ3) is 5.76. The molecule has 1 aliphatic rings. The Kier molecular flexibility index (Phi) is 6.50. The lowest BCUT2D eigenvalue weighted by atomic mass is 9.97. The van der Waals surface area contributed by atoms with Gasteiger partial charge in [0.25, 0.3) is 0 Å². The van der Waals surface area contributed by atoms with Crippen LogP contribution in [0.1, 0.15) is 39.0 Å². The Hall–Kier alpha value is -0.370. The molecule has 0 bridgehead atoms. The lowest BCUT2D eigenvalue weighted by Crippen LogP contribution is -2.22. The van der Waals surface area contributed by atoms with E-state index >= 15 is 0 Å². The first-order chi connectivity index (χ1) is 4.81. The van der Waals surface area contributed by atoms with Crippen molar-refractivity contribution in [2.45, 2.75) is 45.1 Å². The molecular weight excluding hydrogens is 126 g/mol. The molecule has 0 radical (unpaired) electrons. The number of hydrogen-bond donors (Lipinski definition) is 1. The third-order valence-electron chi connectivity index (χ3n) is 1.65. The van der Waals surface area contributed by atoms with E-state index in [1.807, 2.05) is 0 Å². The number of aldehydes is 1. The summed E-state index contributed by atoms with van der Waals surface area (Å²) in [5, 5.41) is 0. The van der Waals surface area contributed by atoms with Crippen LogP contribution in [-0.4, -0.2) is 12.3 Å². The first kappa shape index (κ1) is 9.63. The van der Waals surface area contributed by atoms with Gasteiger partial charge in [0, 0.05) is 6.04 Å². The van der Waals surface area contributed by atoms with Crippen LogP contribution in [0.5, 0.6) is 0 Å². The summed E-state index contributed by atoms with van der Waals surface area (Å²) in [6.07, 6.45) is 7.41. The van der Waals surface area contributed by atoms with Crippen LogP contribution in [0.3, 0.4) is 0 Å². The van der Waals surface area contributed by atoms with E-state index in [4.69, 9.17) is 10.5 Å². The molecule has 1 fully saturated rings. The largest absolute Gasteiger partial charge is 0.328 e. The van der Waals surface area contributed by atoms with Gasteiger partial charge in [-0.05, 0) is 19.8 Å². The summed E-state index contributed by atoms with van der Waals surface area (Å²) >= 11 is 0. The highest BCUT2D eigenvalue weighted by molar-refractivity contribution is 5.44. The number of rotatable bonds is 0. The fourth-order valence-electron chi connectivity index (χ4n) is 1.13. The second-order valence-electron chi connectivity index (χ2n) is 2.63. The summed E-state index contributed by atoms with van der Waals surface area (Å²) in [6, 6.07) is 0.536. The van der Waals surface area contributed by atoms with Crippen LogP contribution in [0.4, 0.5) is 0 Å². The van der Waals surface area contributed by atoms with Crippen molar-refractivity contribution in [1.82, 2.24) is 0 Å². The van der Waals surface area contributed by atoms with Gasteiger partial charge in [0.05, 0.1) is 0 Å². The molecule has 2 nitrogen and oxygen atoms in total. The van der Waals surface area contributed by atoms with E-state index in [2.05, 4.69) is 0 Å². The maximum atomic E-state index is 8.81. The molecule has 0 saturated heterocycles. The molecule has 1 aliphatic carbocycles. The third-order valence-corrected chi connectivity index (χ3v) is 1.65. The summed E-state index contributed by atoms with van der Waals surface area (Å²) in [6.45, 7) is 1.44. The topological polar surface area (TPSA) is 43.1 Å². The van der Waals surface area contributed by atoms with Gasteiger partial charge in [0.2, 0.25) is 0 Å². The van der Waals surface area contributed by atoms with E-state index in [1.54, 1.807) is 0 Å². The Bertz CT molecular complexity index is 77.3. The smallest absolute Gasteiger partial charge is 0.116 e. The maximum absolute atomic E-state index is 8.81. The molecule has 2 N–H and O–H groups in total. The lowest BCUT2D eigenvalue weighted by Gasteiger charge is -2.15. The van der Waals surface area contributed by atoms with Crippen LogP contribution in [0.15, 0.2) is 0 Å². The van der Waals surface area contributed by atoms with Crippen molar-refractivity contribution in [2.75, 3.05) is 0 Å². The summed E-state index contributed by atoms with van der Waals surface area (Å²) in [5.41, 5.74) is 5.63. The predicted octanol–water partition coefficient (Wildman–Crippen LogP) is 1.48. The molecule has 0 unspecified atom stereocenters. The first-order valence-electron chi connectivity index (χ1n) is 3.96. The van der Waals surface area contributed by atoms with E-state index in [0.717, 1.165) is 6.29 Å². The molecule has 0 aromatic carbocycles. The highest BCUT2D eigenvalue weighted by Crippen LogP contribution is 2.14. The summed E-state index contributed by atoms with van der Waals surface area (Å²) < 4.78 is 0. The number of hydrogen-bond acceptors (Lipinski definition) is 2. The van der Waals surface area contributed by atoms with Crippen LogP contribution >= 0.6 is 0 Å². The van der Waals surface area contributed by atoms with Crippen molar-refractivity contribution in [3.8, 4) is 0 Å². The van der Waals surface area contributed by atoms with Gasteiger partial charge in [-0.25, -0.2) is 0 Å². The van der Waals surface area contributed by atoms with Gasteiger partial charge < -0.3 is 10.5 Å². The minimum absolute atomic E-state index is 0.536. The van der Waals surface area contributed by atoms with E-state index in [0.29, 0.717) is 6.04 Å². The van der Waals surface area contributed by atoms with Crippen LogP contribution in [-0.2, 0) is 4.79 Å². The van der Waals surface area contributed by atoms with Crippen LogP contribution in [0, 0.1) is 0 Å². The van der Waals surface area contributed by atoms with E-state index in [-0.39, 0.29) is 0 Å². The van der Waals surface area contributed by atoms with Crippen LogP contribution < -0.4 is 5.73 Å². The molecule has 2 heteroatoms. The zero-order valence-corrected chi connectivity index (χ0v) is 6.68. The zero-order chi connectivity index (χ0) is 7.82. The van der Waals surface area contributed by atoms with Crippen molar-refractivity contribution < 1.29 is 4.79 Å². The van der Waals surface area contributed by atoms with Crippen molar-refractivity contribution in [1.29, 1.82) is 0 Å². The summed E-state index contributed by atoms with van der Waals surface area (Å²) in [5.74, 6) is 0. The van der Waals surface area contributed by atoms with Crippen molar-refractivity contribution in [2.24, 2.45) is 5.73 Å². The lowest BCUT2D eigenvalue weighted by molar-refractivity contribution is -0.106. The summed E-state index contributed by atoms with van der Waals surface area (Å²) in [7, 11) is 0. The van der Waals surface area contributed by atoms with Gasteiger partial charge in [-0.2, -0.15) is 0 Å². The van der Waals surface area contributed by atoms with Crippen molar-refractivity contribution in [3.05, 3.63) is 0 Å². The Morgan fingerprint density at radius 1 is 1.30 bits per heavy atom. The fourth-order valence-corrected chi connectivity index (χ4v) is 1.13. The molecule has 60 valence electrons. The Labute approximate surface area is 62.8 Å². The Balaban J connectivity index is 0.000000236. The van der Waals surface area contributed by atoms with Crippen molar-refractivity contribution >= 4 is 6.29 Å². The molecule has 0 heterocycles. The second kappa shape index (κ2) is 6.75. The normalized spacial score (nSPS) is 19.0. The SMILES string of the molecule is CC=O.NC1CCCCC1. The van der Waals surface area contributed by atoms with Crippen LogP contribution in [0.2, 0.25) is 0 Å². The molecule has 0 aromatic rings. The van der Waals surface area contributed by atoms with Crippen molar-refractivity contribution in [3.63, 3.8) is 0 Å². The van der Waals surface area contributed by atoms with Gasteiger partial charge >= 0.3 is 0 Å². The van der Waals surface area contributed by atoms with Gasteiger partial charge in [-0.15, -0.1) is 0 Å². The average molecular weight is 143 g/mol. The quantitative estimate of drug-likeness (QED) is 0.522. The number of carbonyl (C=O) groups excluding carboxylic acids is 1. The van der Waals surface area contributed by atoms with Gasteiger partial charge in [0.1, 0.15) is 6.29 Å². The average Bonchev–Trinajstić information content (AvgIpc) is 1.91. The Morgan fingerprint density at radius 2 is 1.70 bits per heavy atom.